The van der Waals surface area contributed by atoms with Crippen LogP contribution in [0.15, 0.2) is 34.2 Å². The number of hydrogen-bond donors (Lipinski definition) is 1. The van der Waals surface area contributed by atoms with E-state index >= 15 is 0 Å². The third-order valence-corrected chi connectivity index (χ3v) is 6.34. The van der Waals surface area contributed by atoms with Gasteiger partial charge in [-0.3, -0.25) is 4.99 Å². The number of aliphatic imine (C=N–C) groups is 1. The highest BCUT2D eigenvalue weighted by Crippen LogP contribution is 2.12. The molecular weight excluding hydrogens is 497 g/mol. The lowest BCUT2D eigenvalue weighted by atomic mass is 10.4. The van der Waals surface area contributed by atoms with E-state index in [9.17, 15) is 8.42 Å². The van der Waals surface area contributed by atoms with Gasteiger partial charge in [0.05, 0.1) is 5.69 Å². The van der Waals surface area contributed by atoms with Crippen molar-refractivity contribution in [1.82, 2.24) is 29.2 Å². The summed E-state index contributed by atoms with van der Waals surface area (Å²) in [7, 11) is -1.67. The summed E-state index contributed by atoms with van der Waals surface area (Å²) in [5.41, 5.74) is 0.421. The summed E-state index contributed by atoms with van der Waals surface area (Å²) in [4.78, 5) is 10.6. The molecule has 3 heterocycles. The van der Waals surface area contributed by atoms with E-state index in [4.69, 9.17) is 4.52 Å². The van der Waals surface area contributed by atoms with Crippen LogP contribution in [-0.2, 0) is 22.3 Å². The van der Waals surface area contributed by atoms with Crippen molar-refractivity contribution in [2.45, 2.75) is 19.2 Å². The van der Waals surface area contributed by atoms with E-state index in [1.807, 2.05) is 13.1 Å². The molecule has 0 bridgehead atoms. The van der Waals surface area contributed by atoms with E-state index in [0.717, 1.165) is 18.3 Å². The number of nitrogens with zero attached hydrogens (tertiary/aromatic N) is 6. The predicted octanol–water partition coefficient (Wildman–Crippen LogP) is 0.521. The van der Waals surface area contributed by atoms with Crippen molar-refractivity contribution in [2.24, 2.45) is 4.99 Å². The van der Waals surface area contributed by atoms with Crippen molar-refractivity contribution >= 4 is 40.0 Å². The smallest absolute Gasteiger partial charge is 0.220 e. The molecule has 0 radical (unpaired) electrons. The fraction of sp³-hybridized carbons (Fsp3) is 0.562. The van der Waals surface area contributed by atoms with Crippen LogP contribution >= 0.6 is 24.0 Å². The minimum absolute atomic E-state index is 0. The van der Waals surface area contributed by atoms with Gasteiger partial charge in [0.15, 0.2) is 5.96 Å². The maximum absolute atomic E-state index is 12.5. The normalized spacial score (nSPS) is 16.1. The maximum atomic E-state index is 12.5. The van der Waals surface area contributed by atoms with Crippen molar-refractivity contribution in [1.29, 1.82) is 0 Å². The molecule has 10 nitrogen and oxygen atoms in total. The number of imidazole rings is 1. The minimum Gasteiger partial charge on any atom is -0.364 e. The molecule has 28 heavy (non-hydrogen) atoms. The van der Waals surface area contributed by atoms with Gasteiger partial charge in [0, 0.05) is 64.8 Å². The molecule has 0 atom stereocenters. The van der Waals surface area contributed by atoms with Gasteiger partial charge in [-0.1, -0.05) is 5.16 Å². The largest absolute Gasteiger partial charge is 0.364 e. The number of hydrogen-bond acceptors (Lipinski definition) is 6. The molecule has 2 aromatic rings. The van der Waals surface area contributed by atoms with E-state index in [2.05, 4.69) is 29.9 Å². The molecule has 1 fully saturated rings. The Labute approximate surface area is 182 Å². The molecule has 0 unspecified atom stereocenters. The van der Waals surface area contributed by atoms with Gasteiger partial charge in [-0.15, -0.1) is 24.0 Å². The molecule has 3 rings (SSSR count). The minimum atomic E-state index is -3.40. The van der Waals surface area contributed by atoms with Crippen LogP contribution in [0.25, 0.3) is 0 Å². The molecule has 12 heteroatoms. The highest BCUT2D eigenvalue weighted by Gasteiger charge is 2.28. The van der Waals surface area contributed by atoms with Crippen LogP contribution in [0.5, 0.6) is 0 Å². The van der Waals surface area contributed by atoms with Crippen LogP contribution in [-0.4, -0.2) is 78.1 Å². The molecular formula is C16H26IN7O3S. The second-order valence-corrected chi connectivity index (χ2v) is 8.24. The Hall–Kier alpha value is -1.67. The Morgan fingerprint density at radius 2 is 2.07 bits per heavy atom. The molecule has 0 aliphatic carbocycles. The van der Waals surface area contributed by atoms with Gasteiger partial charge < -0.3 is 19.3 Å². The first-order valence-electron chi connectivity index (χ1n) is 8.80. The Kier molecular flexibility index (Phi) is 8.24. The Bertz CT molecular complexity index is 859. The Morgan fingerprint density at radius 3 is 2.64 bits per heavy atom. The van der Waals surface area contributed by atoms with Crippen molar-refractivity contribution in [2.75, 3.05) is 39.8 Å². The summed E-state index contributed by atoms with van der Waals surface area (Å²) in [6.07, 6.45) is 5.10. The van der Waals surface area contributed by atoms with Crippen LogP contribution in [0.2, 0.25) is 0 Å². The second-order valence-electron chi connectivity index (χ2n) is 6.27. The lowest BCUT2D eigenvalue weighted by molar-refractivity contribution is 0.259. The molecule has 1 saturated heterocycles. The van der Waals surface area contributed by atoms with Crippen LogP contribution in [0.3, 0.4) is 0 Å². The lowest BCUT2D eigenvalue weighted by Crippen LogP contribution is -2.54. The molecule has 2 aromatic heterocycles. The summed E-state index contributed by atoms with van der Waals surface area (Å²) in [6, 6.07) is 1.57. The third kappa shape index (κ3) is 5.67. The standard InChI is InChI=1S/C16H25N7O3S.HI/c1-14-18-4-6-21(14)7-5-19-16(17-2)22-8-10-23(11-9-22)27(24,25)13-15-3-12-26-20-15;/h3-4,6,12H,5,7-11,13H2,1-2H3,(H,17,19);1H. The zero-order chi connectivity index (χ0) is 19.3. The fourth-order valence-corrected chi connectivity index (χ4v) is 4.45. The van der Waals surface area contributed by atoms with Gasteiger partial charge in [0.25, 0.3) is 0 Å². The highest BCUT2D eigenvalue weighted by atomic mass is 127. The molecule has 0 amide bonds. The number of nitrogens with one attached hydrogen (secondary N) is 1. The SMILES string of the molecule is CN=C(NCCn1ccnc1C)N1CCN(S(=O)(=O)Cc2ccon2)CC1.I. The zero-order valence-electron chi connectivity index (χ0n) is 16.0. The first-order valence-corrected chi connectivity index (χ1v) is 10.4. The first-order chi connectivity index (χ1) is 13.0. The van der Waals surface area contributed by atoms with Gasteiger partial charge in [-0.05, 0) is 6.92 Å². The number of halogens is 1. The molecule has 1 aliphatic heterocycles. The van der Waals surface area contributed by atoms with Crippen LogP contribution < -0.4 is 5.32 Å². The van der Waals surface area contributed by atoms with E-state index in [1.165, 1.54) is 10.6 Å². The van der Waals surface area contributed by atoms with E-state index < -0.39 is 10.0 Å². The van der Waals surface area contributed by atoms with Crippen molar-refractivity contribution in [3.63, 3.8) is 0 Å². The second kappa shape index (κ2) is 10.2. The summed E-state index contributed by atoms with van der Waals surface area (Å²) >= 11 is 0. The van der Waals surface area contributed by atoms with Crippen LogP contribution in [0.4, 0.5) is 0 Å². The number of aromatic nitrogens is 3. The summed E-state index contributed by atoms with van der Waals surface area (Å²) in [5.74, 6) is 1.61. The number of rotatable bonds is 6. The number of guanidine groups is 1. The Morgan fingerprint density at radius 1 is 1.32 bits per heavy atom. The molecule has 1 N–H and O–H groups in total. The summed E-state index contributed by atoms with van der Waals surface area (Å²) < 4.78 is 33.3. The molecule has 0 aromatic carbocycles. The quantitative estimate of drug-likeness (QED) is 0.334. The number of piperazine rings is 1. The summed E-state index contributed by atoms with van der Waals surface area (Å²) in [6.45, 7) is 5.48. The average molecular weight is 523 g/mol. The van der Waals surface area contributed by atoms with Gasteiger partial charge in [0.2, 0.25) is 10.0 Å². The van der Waals surface area contributed by atoms with Crippen LogP contribution in [0, 0.1) is 6.92 Å². The van der Waals surface area contributed by atoms with E-state index in [0.29, 0.717) is 38.4 Å². The molecule has 0 spiro atoms. The van der Waals surface area contributed by atoms with Gasteiger partial charge in [0.1, 0.15) is 17.8 Å². The number of aryl methyl sites for hydroxylation is 1. The van der Waals surface area contributed by atoms with Crippen LogP contribution in [0.1, 0.15) is 11.5 Å². The van der Waals surface area contributed by atoms with Gasteiger partial charge in [-0.25, -0.2) is 13.4 Å². The summed E-state index contributed by atoms with van der Waals surface area (Å²) in [5, 5.41) is 7.02. The van der Waals surface area contributed by atoms with E-state index in [-0.39, 0.29) is 29.7 Å². The van der Waals surface area contributed by atoms with Gasteiger partial charge >= 0.3 is 0 Å². The van der Waals surface area contributed by atoms with Gasteiger partial charge in [-0.2, -0.15) is 4.31 Å². The number of sulfonamides is 1. The highest BCUT2D eigenvalue weighted by molar-refractivity contribution is 14.0. The topological polar surface area (TPSA) is 109 Å². The first kappa shape index (κ1) is 22.6. The van der Waals surface area contributed by atoms with E-state index in [1.54, 1.807) is 19.3 Å². The van der Waals surface area contributed by atoms with Crippen molar-refractivity contribution in [3.05, 3.63) is 36.2 Å². The monoisotopic (exact) mass is 523 g/mol. The maximum Gasteiger partial charge on any atom is 0.220 e. The molecule has 0 saturated carbocycles. The van der Waals surface area contributed by atoms with Crippen molar-refractivity contribution < 1.29 is 12.9 Å². The molecule has 156 valence electrons. The predicted molar refractivity (Wildman–Crippen MR) is 116 cm³/mol. The lowest BCUT2D eigenvalue weighted by Gasteiger charge is -2.35. The molecule has 1 aliphatic rings. The van der Waals surface area contributed by atoms with Crippen molar-refractivity contribution in [3.8, 4) is 0 Å². The Balaban J connectivity index is 0.00000280. The third-order valence-electron chi connectivity index (χ3n) is 4.52. The fourth-order valence-electron chi connectivity index (χ4n) is 3.03. The average Bonchev–Trinajstić information content (AvgIpc) is 3.30. The zero-order valence-corrected chi connectivity index (χ0v) is 19.1.